The third-order valence-corrected chi connectivity index (χ3v) is 3.65. The van der Waals surface area contributed by atoms with Gasteiger partial charge in [0.25, 0.3) is 0 Å². The minimum Gasteiger partial charge on any atom is -0.366 e. The smallest absolute Gasteiger partial charge is 0.229 e. The molecule has 5 nitrogen and oxygen atoms in total. The molecule has 0 atom stereocenters. The number of aryl methyl sites for hydroxylation is 1. The first-order valence-electron chi connectivity index (χ1n) is 7.20. The summed E-state index contributed by atoms with van der Waals surface area (Å²) < 4.78 is 1.01. The molecule has 3 aromatic rings. The zero-order chi connectivity index (χ0) is 16.1. The molecule has 0 fully saturated rings. The zero-order valence-electron chi connectivity index (χ0n) is 12.6. The Labute approximate surface area is 143 Å². The number of hydrogen-bond acceptors (Lipinski definition) is 5. The lowest BCUT2D eigenvalue weighted by Gasteiger charge is -2.10. The summed E-state index contributed by atoms with van der Waals surface area (Å²) >= 11 is 3.46. The number of rotatable bonds is 5. The quantitative estimate of drug-likeness (QED) is 0.701. The highest BCUT2D eigenvalue weighted by atomic mass is 79.9. The molecule has 0 aliphatic heterocycles. The third-order valence-electron chi connectivity index (χ3n) is 3.16. The van der Waals surface area contributed by atoms with Gasteiger partial charge in [-0.1, -0.05) is 22.0 Å². The highest BCUT2D eigenvalue weighted by Gasteiger charge is 2.03. The Morgan fingerprint density at radius 2 is 1.87 bits per heavy atom. The van der Waals surface area contributed by atoms with Gasteiger partial charge in [-0.05, 0) is 42.8 Å². The molecule has 116 valence electrons. The van der Waals surface area contributed by atoms with Crippen LogP contribution in [0.3, 0.4) is 0 Å². The molecular weight excluding hydrogens is 354 g/mol. The molecule has 6 heteroatoms. The number of pyridine rings is 1. The van der Waals surface area contributed by atoms with Crippen molar-refractivity contribution in [3.8, 4) is 0 Å². The normalized spacial score (nSPS) is 10.3. The number of hydrogen-bond donors (Lipinski definition) is 2. The Kier molecular flexibility index (Phi) is 4.83. The van der Waals surface area contributed by atoms with Gasteiger partial charge in [0.05, 0.1) is 0 Å². The molecular formula is C17H16BrN5. The average molecular weight is 370 g/mol. The summed E-state index contributed by atoms with van der Waals surface area (Å²) in [6.45, 7) is 2.64. The van der Waals surface area contributed by atoms with E-state index in [0.717, 1.165) is 27.2 Å². The van der Waals surface area contributed by atoms with E-state index >= 15 is 0 Å². The second kappa shape index (κ2) is 7.19. The maximum atomic E-state index is 4.51. The molecule has 0 amide bonds. The van der Waals surface area contributed by atoms with E-state index in [-0.39, 0.29) is 0 Å². The van der Waals surface area contributed by atoms with Crippen LogP contribution in [-0.2, 0) is 6.54 Å². The van der Waals surface area contributed by atoms with Crippen molar-refractivity contribution in [2.24, 2.45) is 0 Å². The summed E-state index contributed by atoms with van der Waals surface area (Å²) in [7, 11) is 0. The van der Waals surface area contributed by atoms with Gasteiger partial charge in [-0.2, -0.15) is 4.98 Å². The van der Waals surface area contributed by atoms with E-state index in [1.54, 1.807) is 12.4 Å². The maximum Gasteiger partial charge on any atom is 0.229 e. The van der Waals surface area contributed by atoms with Gasteiger partial charge < -0.3 is 10.6 Å². The Bertz CT molecular complexity index is 792. The first-order valence-corrected chi connectivity index (χ1v) is 7.99. The van der Waals surface area contributed by atoms with Crippen LogP contribution in [0.5, 0.6) is 0 Å². The number of halogens is 1. The molecule has 0 saturated heterocycles. The predicted octanol–water partition coefficient (Wildman–Crippen LogP) is 4.30. The second-order valence-corrected chi connectivity index (χ2v) is 5.98. The maximum absolute atomic E-state index is 4.51. The lowest BCUT2D eigenvalue weighted by molar-refractivity contribution is 1.05. The topological polar surface area (TPSA) is 62.7 Å². The SMILES string of the molecule is Cc1cc(NCc2ccncc2)nc(Nc2cccc(Br)c2)n1. The Hall–Kier alpha value is -2.47. The van der Waals surface area contributed by atoms with Crippen molar-refractivity contribution < 1.29 is 0 Å². The summed E-state index contributed by atoms with van der Waals surface area (Å²) in [5, 5.41) is 6.53. The van der Waals surface area contributed by atoms with Crippen molar-refractivity contribution in [3.05, 3.63) is 70.6 Å². The van der Waals surface area contributed by atoms with Crippen LogP contribution in [0, 0.1) is 6.92 Å². The van der Waals surface area contributed by atoms with E-state index in [1.807, 2.05) is 49.4 Å². The molecule has 0 spiro atoms. The van der Waals surface area contributed by atoms with Crippen LogP contribution < -0.4 is 10.6 Å². The van der Waals surface area contributed by atoms with Crippen molar-refractivity contribution in [2.45, 2.75) is 13.5 Å². The monoisotopic (exact) mass is 369 g/mol. The van der Waals surface area contributed by atoms with Gasteiger partial charge in [0.2, 0.25) is 5.95 Å². The fraction of sp³-hybridized carbons (Fsp3) is 0.118. The zero-order valence-corrected chi connectivity index (χ0v) is 14.2. The first-order chi connectivity index (χ1) is 11.2. The van der Waals surface area contributed by atoms with Crippen molar-refractivity contribution in [1.82, 2.24) is 15.0 Å². The Morgan fingerprint density at radius 1 is 1.04 bits per heavy atom. The van der Waals surface area contributed by atoms with Crippen LogP contribution in [-0.4, -0.2) is 15.0 Å². The number of anilines is 3. The van der Waals surface area contributed by atoms with Crippen molar-refractivity contribution in [2.75, 3.05) is 10.6 Å². The van der Waals surface area contributed by atoms with E-state index in [9.17, 15) is 0 Å². The third kappa shape index (κ3) is 4.50. The Morgan fingerprint density at radius 3 is 2.65 bits per heavy atom. The summed E-state index contributed by atoms with van der Waals surface area (Å²) in [5.41, 5.74) is 2.98. The number of aromatic nitrogens is 3. The van der Waals surface area contributed by atoms with E-state index in [2.05, 4.69) is 41.5 Å². The predicted molar refractivity (Wildman–Crippen MR) is 95.8 cm³/mol. The van der Waals surface area contributed by atoms with Gasteiger partial charge in [-0.25, -0.2) is 4.98 Å². The average Bonchev–Trinajstić information content (AvgIpc) is 2.53. The molecule has 0 radical (unpaired) electrons. The van der Waals surface area contributed by atoms with E-state index in [4.69, 9.17) is 0 Å². The Balaban J connectivity index is 1.73. The molecule has 0 aliphatic rings. The number of benzene rings is 1. The summed E-state index contributed by atoms with van der Waals surface area (Å²) in [4.78, 5) is 13.0. The summed E-state index contributed by atoms with van der Waals surface area (Å²) in [6, 6.07) is 13.8. The van der Waals surface area contributed by atoms with Crippen LogP contribution in [0.4, 0.5) is 17.5 Å². The molecule has 0 bridgehead atoms. The molecule has 1 aromatic carbocycles. The minimum absolute atomic E-state index is 0.570. The second-order valence-electron chi connectivity index (χ2n) is 5.06. The van der Waals surface area contributed by atoms with Crippen LogP contribution in [0.15, 0.2) is 59.3 Å². The molecule has 0 aliphatic carbocycles. The standard InChI is InChI=1S/C17H16BrN5/c1-12-9-16(20-11-13-5-7-19-8-6-13)23-17(21-12)22-15-4-2-3-14(18)10-15/h2-10H,11H2,1H3,(H2,20,21,22,23). The largest absolute Gasteiger partial charge is 0.366 e. The molecule has 2 heterocycles. The van der Waals surface area contributed by atoms with Crippen LogP contribution in [0.2, 0.25) is 0 Å². The van der Waals surface area contributed by atoms with Gasteiger partial charge in [-0.3, -0.25) is 4.98 Å². The lowest BCUT2D eigenvalue weighted by atomic mass is 10.3. The summed E-state index contributed by atoms with van der Waals surface area (Å²) in [6.07, 6.45) is 3.56. The van der Waals surface area contributed by atoms with Gasteiger partial charge in [-0.15, -0.1) is 0 Å². The van der Waals surface area contributed by atoms with Gasteiger partial charge >= 0.3 is 0 Å². The van der Waals surface area contributed by atoms with Crippen LogP contribution in [0.25, 0.3) is 0 Å². The van der Waals surface area contributed by atoms with E-state index in [1.165, 1.54) is 0 Å². The first kappa shape index (κ1) is 15.4. The van der Waals surface area contributed by atoms with Crippen LogP contribution >= 0.6 is 15.9 Å². The van der Waals surface area contributed by atoms with Crippen molar-refractivity contribution in [3.63, 3.8) is 0 Å². The van der Waals surface area contributed by atoms with Gasteiger partial charge in [0, 0.05) is 40.9 Å². The highest BCUT2D eigenvalue weighted by Crippen LogP contribution is 2.20. The molecule has 0 unspecified atom stereocenters. The lowest BCUT2D eigenvalue weighted by Crippen LogP contribution is -2.05. The minimum atomic E-state index is 0.570. The fourth-order valence-electron chi connectivity index (χ4n) is 2.10. The molecule has 23 heavy (non-hydrogen) atoms. The molecule has 0 saturated carbocycles. The molecule has 3 rings (SSSR count). The number of nitrogens with zero attached hydrogens (tertiary/aromatic N) is 3. The number of nitrogens with one attached hydrogen (secondary N) is 2. The highest BCUT2D eigenvalue weighted by molar-refractivity contribution is 9.10. The van der Waals surface area contributed by atoms with Crippen molar-refractivity contribution >= 4 is 33.4 Å². The summed E-state index contributed by atoms with van der Waals surface area (Å²) in [5.74, 6) is 1.35. The van der Waals surface area contributed by atoms with E-state index < -0.39 is 0 Å². The van der Waals surface area contributed by atoms with Crippen LogP contribution in [0.1, 0.15) is 11.3 Å². The fourth-order valence-corrected chi connectivity index (χ4v) is 2.50. The van der Waals surface area contributed by atoms with Gasteiger partial charge in [0.1, 0.15) is 5.82 Å². The van der Waals surface area contributed by atoms with Gasteiger partial charge in [0.15, 0.2) is 0 Å². The molecule has 2 aromatic heterocycles. The van der Waals surface area contributed by atoms with Crippen molar-refractivity contribution in [1.29, 1.82) is 0 Å². The van der Waals surface area contributed by atoms with E-state index in [0.29, 0.717) is 12.5 Å². The molecule has 2 N–H and O–H groups in total.